The highest BCUT2D eigenvalue weighted by atomic mass is 32.2. The molecule has 1 aliphatic heterocycles. The van der Waals surface area contributed by atoms with Crippen molar-refractivity contribution in [2.24, 2.45) is 0 Å². The molecule has 0 aliphatic carbocycles. The van der Waals surface area contributed by atoms with Gasteiger partial charge in [0.2, 0.25) is 10.0 Å². The Balaban J connectivity index is 2.14. The first-order valence-electron chi connectivity index (χ1n) is 8.41. The van der Waals surface area contributed by atoms with Crippen LogP contribution in [0.15, 0.2) is 29.2 Å². The van der Waals surface area contributed by atoms with Gasteiger partial charge in [0.15, 0.2) is 0 Å². The summed E-state index contributed by atoms with van der Waals surface area (Å²) in [7, 11) is -3.81. The summed E-state index contributed by atoms with van der Waals surface area (Å²) in [6, 6.07) is 5.37. The second kappa shape index (κ2) is 8.09. The van der Waals surface area contributed by atoms with Gasteiger partial charge < -0.3 is 10.4 Å². The van der Waals surface area contributed by atoms with Crippen LogP contribution in [0.1, 0.15) is 38.2 Å². The van der Waals surface area contributed by atoms with E-state index in [9.17, 15) is 18.3 Å². The van der Waals surface area contributed by atoms with E-state index in [4.69, 9.17) is 0 Å². The Morgan fingerprint density at radius 3 is 2.54 bits per heavy atom. The van der Waals surface area contributed by atoms with Crippen LogP contribution in [0.3, 0.4) is 0 Å². The summed E-state index contributed by atoms with van der Waals surface area (Å²) >= 11 is 0. The molecule has 1 saturated heterocycles. The van der Waals surface area contributed by atoms with E-state index >= 15 is 0 Å². The molecule has 0 spiro atoms. The fourth-order valence-corrected chi connectivity index (χ4v) is 4.61. The first-order valence-corrected chi connectivity index (χ1v) is 9.85. The molecule has 1 aliphatic rings. The third-order valence-electron chi connectivity index (χ3n) is 4.38. The van der Waals surface area contributed by atoms with Crippen molar-refractivity contribution in [3.63, 3.8) is 0 Å². The van der Waals surface area contributed by atoms with E-state index in [1.807, 2.05) is 6.92 Å². The molecular weight excluding hydrogens is 328 g/mol. The molecule has 1 aromatic carbocycles. The zero-order valence-corrected chi connectivity index (χ0v) is 15.1. The van der Waals surface area contributed by atoms with E-state index in [0.717, 1.165) is 35.7 Å². The molecule has 6 nitrogen and oxygen atoms in total. The second-order valence-electron chi connectivity index (χ2n) is 6.34. The molecule has 2 N–H and O–H groups in total. The van der Waals surface area contributed by atoms with Crippen molar-refractivity contribution in [2.75, 3.05) is 13.1 Å². The van der Waals surface area contributed by atoms with Gasteiger partial charge in [-0.3, -0.25) is 4.79 Å². The maximum Gasteiger partial charge on any atom is 0.322 e. The van der Waals surface area contributed by atoms with Crippen LogP contribution in [-0.2, 0) is 14.8 Å². The molecule has 1 heterocycles. The minimum atomic E-state index is -3.81. The molecule has 0 radical (unpaired) electrons. The second-order valence-corrected chi connectivity index (χ2v) is 8.23. The number of hydrogen-bond donors (Lipinski definition) is 2. The summed E-state index contributed by atoms with van der Waals surface area (Å²) in [6.07, 6.45) is 3.52. The highest BCUT2D eigenvalue weighted by molar-refractivity contribution is 7.89. The average molecular weight is 354 g/mol. The Bertz CT molecular complexity index is 658. The minimum Gasteiger partial charge on any atom is -0.480 e. The molecule has 7 heteroatoms. The number of carboxylic acid groups (broad SMARTS) is 1. The Labute approximate surface area is 143 Å². The molecule has 134 valence electrons. The van der Waals surface area contributed by atoms with Gasteiger partial charge in [0.1, 0.15) is 6.04 Å². The lowest BCUT2D eigenvalue weighted by molar-refractivity contribution is -0.140. The molecule has 0 bridgehead atoms. The molecule has 1 unspecified atom stereocenters. The average Bonchev–Trinajstić information content (AvgIpc) is 2.97. The van der Waals surface area contributed by atoms with E-state index in [-0.39, 0.29) is 17.5 Å². The van der Waals surface area contributed by atoms with Gasteiger partial charge in [0.25, 0.3) is 0 Å². The van der Waals surface area contributed by atoms with Gasteiger partial charge in [-0.2, -0.15) is 4.31 Å². The van der Waals surface area contributed by atoms with Gasteiger partial charge >= 0.3 is 5.97 Å². The summed E-state index contributed by atoms with van der Waals surface area (Å²) in [6.45, 7) is 4.97. The fourth-order valence-electron chi connectivity index (χ4n) is 2.97. The van der Waals surface area contributed by atoms with Crippen molar-refractivity contribution in [1.29, 1.82) is 0 Å². The van der Waals surface area contributed by atoms with Crippen LogP contribution in [-0.4, -0.2) is 49.0 Å². The molecule has 0 aromatic heterocycles. The van der Waals surface area contributed by atoms with Crippen LogP contribution in [0.4, 0.5) is 0 Å². The number of aliphatic carboxylic acids is 1. The first-order chi connectivity index (χ1) is 11.4. The number of carbonyl (C=O) groups is 1. The summed E-state index contributed by atoms with van der Waals surface area (Å²) < 4.78 is 26.8. The highest BCUT2D eigenvalue weighted by Crippen LogP contribution is 2.27. The van der Waals surface area contributed by atoms with Gasteiger partial charge in [-0.15, -0.1) is 0 Å². The van der Waals surface area contributed by atoms with Crippen molar-refractivity contribution in [2.45, 2.75) is 56.5 Å². The van der Waals surface area contributed by atoms with E-state index in [1.54, 1.807) is 12.1 Å². The van der Waals surface area contributed by atoms with Gasteiger partial charge in [-0.05, 0) is 38.4 Å². The van der Waals surface area contributed by atoms with Crippen molar-refractivity contribution in [3.05, 3.63) is 29.8 Å². The molecule has 0 amide bonds. The predicted octanol–water partition coefficient (Wildman–Crippen LogP) is 1.99. The van der Waals surface area contributed by atoms with Crippen LogP contribution in [0.5, 0.6) is 0 Å². The summed E-state index contributed by atoms with van der Waals surface area (Å²) in [5.74, 6) is -1.09. The Hall–Kier alpha value is -1.44. The number of hydrogen-bond acceptors (Lipinski definition) is 4. The van der Waals surface area contributed by atoms with Gasteiger partial charge in [-0.1, -0.05) is 37.5 Å². The quantitative estimate of drug-likeness (QED) is 0.697. The number of unbranched alkanes of at least 4 members (excludes halogenated alkanes) is 2. The molecule has 2 rings (SSSR count). The van der Waals surface area contributed by atoms with Gasteiger partial charge in [-0.25, -0.2) is 8.42 Å². The molecule has 2 atom stereocenters. The van der Waals surface area contributed by atoms with E-state index in [0.29, 0.717) is 6.42 Å². The van der Waals surface area contributed by atoms with E-state index in [2.05, 4.69) is 12.2 Å². The van der Waals surface area contributed by atoms with Crippen molar-refractivity contribution >= 4 is 16.0 Å². The van der Waals surface area contributed by atoms with Crippen molar-refractivity contribution in [3.8, 4) is 0 Å². The number of nitrogens with zero attached hydrogens (tertiary/aromatic N) is 1. The lowest BCUT2D eigenvalue weighted by atomic mass is 10.1. The monoisotopic (exact) mass is 354 g/mol. The standard InChI is InChI=1S/C17H26N2O4S/c1-3-4-5-10-18-14-11-16(17(20)21)19(12-14)24(22,23)15-8-6-13(2)7-9-15/h6-9,14,16,18H,3-5,10-12H2,1-2H3,(H,20,21)/t14?,16-/m0/s1. The summed E-state index contributed by atoms with van der Waals surface area (Å²) in [4.78, 5) is 11.7. The number of rotatable bonds is 8. The minimum absolute atomic E-state index is 0.122. The molecule has 1 aromatic rings. The summed E-state index contributed by atoms with van der Waals surface area (Å²) in [5, 5.41) is 12.7. The smallest absolute Gasteiger partial charge is 0.322 e. The molecule has 24 heavy (non-hydrogen) atoms. The lowest BCUT2D eigenvalue weighted by Crippen LogP contribution is -2.41. The van der Waals surface area contributed by atoms with Gasteiger partial charge in [0.05, 0.1) is 4.90 Å². The topological polar surface area (TPSA) is 86.7 Å². The van der Waals surface area contributed by atoms with Crippen LogP contribution in [0.25, 0.3) is 0 Å². The number of carboxylic acids is 1. The van der Waals surface area contributed by atoms with Crippen LogP contribution < -0.4 is 5.32 Å². The largest absolute Gasteiger partial charge is 0.480 e. The number of sulfonamides is 1. The van der Waals surface area contributed by atoms with Crippen LogP contribution in [0.2, 0.25) is 0 Å². The zero-order valence-electron chi connectivity index (χ0n) is 14.2. The van der Waals surface area contributed by atoms with Crippen LogP contribution >= 0.6 is 0 Å². The Kier molecular flexibility index (Phi) is 6.37. The maximum absolute atomic E-state index is 12.8. The zero-order chi connectivity index (χ0) is 17.7. The van der Waals surface area contributed by atoms with E-state index < -0.39 is 22.0 Å². The molecular formula is C17H26N2O4S. The lowest BCUT2D eigenvalue weighted by Gasteiger charge is -2.21. The number of aryl methyl sites for hydroxylation is 1. The van der Waals surface area contributed by atoms with Gasteiger partial charge in [0, 0.05) is 12.6 Å². The van der Waals surface area contributed by atoms with E-state index in [1.165, 1.54) is 12.1 Å². The highest BCUT2D eigenvalue weighted by Gasteiger charge is 2.43. The third-order valence-corrected chi connectivity index (χ3v) is 6.27. The Morgan fingerprint density at radius 1 is 1.29 bits per heavy atom. The summed E-state index contributed by atoms with van der Waals surface area (Å²) in [5.41, 5.74) is 0.959. The molecule has 0 saturated carbocycles. The number of benzene rings is 1. The first kappa shape index (κ1) is 18.9. The van der Waals surface area contributed by atoms with Crippen molar-refractivity contribution < 1.29 is 18.3 Å². The van der Waals surface area contributed by atoms with Crippen LogP contribution in [0, 0.1) is 6.92 Å². The normalized spacial score (nSPS) is 21.9. The van der Waals surface area contributed by atoms with Crippen molar-refractivity contribution in [1.82, 2.24) is 9.62 Å². The fraction of sp³-hybridized carbons (Fsp3) is 0.588. The predicted molar refractivity (Wildman–Crippen MR) is 92.4 cm³/mol. The SMILES string of the molecule is CCCCCNC1C[C@@H](C(=O)O)N(S(=O)(=O)c2ccc(C)cc2)C1. The number of nitrogens with one attached hydrogen (secondary N) is 1. The maximum atomic E-state index is 12.8. The molecule has 1 fully saturated rings. The Morgan fingerprint density at radius 2 is 1.96 bits per heavy atom. The third kappa shape index (κ3) is 4.34.